The number of nitrogens with zero attached hydrogens (tertiary/aromatic N) is 1. The van der Waals surface area contributed by atoms with Crippen molar-refractivity contribution in [3.8, 4) is 0 Å². The minimum atomic E-state index is -0.195. The highest BCUT2D eigenvalue weighted by molar-refractivity contribution is 7.99. The van der Waals surface area contributed by atoms with Gasteiger partial charge in [0.25, 0.3) is 5.91 Å². The molecule has 0 aliphatic rings. The van der Waals surface area contributed by atoms with Gasteiger partial charge in [-0.3, -0.25) is 4.79 Å². The summed E-state index contributed by atoms with van der Waals surface area (Å²) in [6.45, 7) is 4.75. The second kappa shape index (κ2) is 6.02. The number of nitrogens with one attached hydrogen (secondary N) is 1. The van der Waals surface area contributed by atoms with Gasteiger partial charge in [-0.1, -0.05) is 29.8 Å². The molecule has 0 radical (unpaired) electrons. The summed E-state index contributed by atoms with van der Waals surface area (Å²) in [6, 6.07) is 9.14. The number of fused-ring (bicyclic) bond motifs is 1. The lowest BCUT2D eigenvalue weighted by molar-refractivity contribution is 0.0946. The van der Waals surface area contributed by atoms with Gasteiger partial charge >= 0.3 is 0 Å². The van der Waals surface area contributed by atoms with E-state index in [4.69, 9.17) is 11.6 Å². The van der Waals surface area contributed by atoms with Crippen LogP contribution in [0.2, 0.25) is 5.02 Å². The van der Waals surface area contributed by atoms with Gasteiger partial charge in [0.2, 0.25) is 0 Å². The first kappa shape index (κ1) is 15.1. The normalized spacial score (nSPS) is 11.6. The summed E-state index contributed by atoms with van der Waals surface area (Å²) in [5, 5.41) is 4.30. The summed E-state index contributed by atoms with van der Waals surface area (Å²) >= 11 is 7.91. The van der Waals surface area contributed by atoms with E-state index < -0.39 is 0 Å². The molecule has 1 aromatic heterocycles. The molecule has 1 N–H and O–H groups in total. The van der Waals surface area contributed by atoms with Gasteiger partial charge in [-0.2, -0.15) is 11.8 Å². The van der Waals surface area contributed by atoms with Crippen LogP contribution in [0.5, 0.6) is 0 Å². The smallest absolute Gasteiger partial charge is 0.270 e. The second-order valence-electron chi connectivity index (χ2n) is 5.15. The number of rotatable bonds is 4. The summed E-state index contributed by atoms with van der Waals surface area (Å²) in [5.41, 5.74) is 1.08. The van der Waals surface area contributed by atoms with Crippen molar-refractivity contribution in [2.24, 2.45) is 0 Å². The van der Waals surface area contributed by atoms with Gasteiger partial charge in [0.05, 0.1) is 10.5 Å². The van der Waals surface area contributed by atoms with Crippen LogP contribution in [0.25, 0.3) is 10.9 Å². The molecule has 20 heavy (non-hydrogen) atoms. The van der Waals surface area contributed by atoms with E-state index in [1.54, 1.807) is 17.8 Å². The lowest BCUT2D eigenvalue weighted by atomic mass is 10.2. The maximum atomic E-state index is 12.2. The Hall–Kier alpha value is -1.26. The van der Waals surface area contributed by atoms with Gasteiger partial charge in [0.15, 0.2) is 0 Å². The fourth-order valence-corrected chi connectivity index (χ4v) is 2.18. The van der Waals surface area contributed by atoms with Gasteiger partial charge in [-0.25, -0.2) is 4.98 Å². The third-order valence-electron chi connectivity index (χ3n) is 3.13. The minimum absolute atomic E-state index is 0.00367. The van der Waals surface area contributed by atoms with Crippen molar-refractivity contribution in [2.45, 2.75) is 18.6 Å². The summed E-state index contributed by atoms with van der Waals surface area (Å²) in [7, 11) is 0. The molecule has 5 heteroatoms. The van der Waals surface area contributed by atoms with Crippen LogP contribution in [-0.4, -0.2) is 28.4 Å². The number of aromatic nitrogens is 1. The molecule has 0 bridgehead atoms. The number of amides is 1. The average Bonchev–Trinajstić information content (AvgIpc) is 2.45. The molecule has 0 fully saturated rings. The number of hydrogen-bond acceptors (Lipinski definition) is 3. The van der Waals surface area contributed by atoms with E-state index in [-0.39, 0.29) is 10.7 Å². The number of pyridine rings is 1. The van der Waals surface area contributed by atoms with Gasteiger partial charge in [-0.15, -0.1) is 0 Å². The first-order chi connectivity index (χ1) is 9.43. The number of hydrogen-bond donors (Lipinski definition) is 1. The molecule has 0 aliphatic carbocycles. The van der Waals surface area contributed by atoms with Gasteiger partial charge in [0.1, 0.15) is 5.69 Å². The molecule has 1 amide bonds. The fourth-order valence-electron chi connectivity index (χ4n) is 1.71. The van der Waals surface area contributed by atoms with Crippen LogP contribution < -0.4 is 5.32 Å². The van der Waals surface area contributed by atoms with Gasteiger partial charge < -0.3 is 5.32 Å². The van der Waals surface area contributed by atoms with Crippen LogP contribution in [0.3, 0.4) is 0 Å². The summed E-state index contributed by atoms with van der Waals surface area (Å²) in [6.07, 6.45) is 2.03. The number of halogens is 1. The topological polar surface area (TPSA) is 42.0 Å². The van der Waals surface area contributed by atoms with Gasteiger partial charge in [-0.05, 0) is 32.2 Å². The molecule has 2 rings (SSSR count). The van der Waals surface area contributed by atoms with Crippen molar-refractivity contribution in [1.82, 2.24) is 10.3 Å². The Balaban J connectivity index is 2.23. The van der Waals surface area contributed by atoms with Crippen molar-refractivity contribution in [3.05, 3.63) is 41.0 Å². The van der Waals surface area contributed by atoms with Gasteiger partial charge in [0, 0.05) is 16.7 Å². The number of benzene rings is 1. The zero-order chi connectivity index (χ0) is 14.8. The Bertz CT molecular complexity index is 643. The Labute approximate surface area is 128 Å². The maximum absolute atomic E-state index is 12.2. The van der Waals surface area contributed by atoms with E-state index >= 15 is 0 Å². The van der Waals surface area contributed by atoms with Crippen molar-refractivity contribution in [1.29, 1.82) is 0 Å². The van der Waals surface area contributed by atoms with Crippen molar-refractivity contribution < 1.29 is 4.79 Å². The Morgan fingerprint density at radius 1 is 1.40 bits per heavy atom. The van der Waals surface area contributed by atoms with Crippen molar-refractivity contribution >= 4 is 40.2 Å². The number of carbonyl (C=O) groups excluding carboxylic acids is 1. The Morgan fingerprint density at radius 2 is 2.10 bits per heavy atom. The molecule has 2 aromatic rings. The zero-order valence-corrected chi connectivity index (χ0v) is 13.3. The van der Waals surface area contributed by atoms with E-state index in [9.17, 15) is 4.79 Å². The summed E-state index contributed by atoms with van der Waals surface area (Å²) < 4.78 is -0.00367. The molecule has 1 heterocycles. The molecule has 0 saturated carbocycles. The Morgan fingerprint density at radius 3 is 2.80 bits per heavy atom. The van der Waals surface area contributed by atoms with E-state index in [1.807, 2.05) is 30.5 Å². The van der Waals surface area contributed by atoms with Crippen LogP contribution in [0.4, 0.5) is 0 Å². The van der Waals surface area contributed by atoms with Crippen LogP contribution in [0, 0.1) is 0 Å². The zero-order valence-electron chi connectivity index (χ0n) is 11.7. The van der Waals surface area contributed by atoms with E-state index in [0.717, 1.165) is 10.9 Å². The quantitative estimate of drug-likeness (QED) is 0.935. The van der Waals surface area contributed by atoms with Crippen molar-refractivity contribution in [3.63, 3.8) is 0 Å². The Kier molecular flexibility index (Phi) is 4.55. The number of thioether (sulfide) groups is 1. The van der Waals surface area contributed by atoms with Crippen LogP contribution in [0.1, 0.15) is 24.3 Å². The minimum Gasteiger partial charge on any atom is -0.349 e. The molecule has 0 unspecified atom stereocenters. The molecular weight excluding hydrogens is 292 g/mol. The molecule has 3 nitrogen and oxygen atoms in total. The predicted octanol–water partition coefficient (Wildman–Crippen LogP) is 3.76. The highest BCUT2D eigenvalue weighted by Gasteiger charge is 2.18. The van der Waals surface area contributed by atoms with Crippen LogP contribution >= 0.6 is 23.4 Å². The largest absolute Gasteiger partial charge is 0.349 e. The third-order valence-corrected chi connectivity index (χ3v) is 4.69. The van der Waals surface area contributed by atoms with E-state index in [0.29, 0.717) is 17.3 Å². The highest BCUT2D eigenvalue weighted by Crippen LogP contribution is 2.23. The molecular formula is C15H17ClN2OS. The molecule has 0 spiro atoms. The summed E-state index contributed by atoms with van der Waals surface area (Å²) in [4.78, 5) is 16.5. The lowest BCUT2D eigenvalue weighted by Crippen LogP contribution is -2.36. The SMILES string of the molecule is CSC(C)(C)CNC(=O)c1cc(Cl)c2ccccc2n1. The molecule has 0 aliphatic heterocycles. The first-order valence-corrected chi connectivity index (χ1v) is 7.92. The molecule has 0 saturated heterocycles. The third kappa shape index (κ3) is 3.44. The standard InChI is InChI=1S/C15H17ClN2OS/c1-15(2,20-3)9-17-14(19)13-8-11(16)10-6-4-5-7-12(10)18-13/h4-8H,9H2,1-3H3,(H,17,19). The first-order valence-electron chi connectivity index (χ1n) is 6.31. The average molecular weight is 309 g/mol. The fraction of sp³-hybridized carbons (Fsp3) is 0.333. The monoisotopic (exact) mass is 308 g/mol. The van der Waals surface area contributed by atoms with E-state index in [2.05, 4.69) is 24.1 Å². The summed E-state index contributed by atoms with van der Waals surface area (Å²) in [5.74, 6) is -0.195. The van der Waals surface area contributed by atoms with Crippen LogP contribution in [0.15, 0.2) is 30.3 Å². The predicted molar refractivity (Wildman–Crippen MR) is 86.7 cm³/mol. The number of para-hydroxylation sites is 1. The molecule has 106 valence electrons. The maximum Gasteiger partial charge on any atom is 0.270 e. The number of carbonyl (C=O) groups is 1. The lowest BCUT2D eigenvalue weighted by Gasteiger charge is -2.22. The molecule has 1 aromatic carbocycles. The highest BCUT2D eigenvalue weighted by atomic mass is 35.5. The molecule has 0 atom stereocenters. The van der Waals surface area contributed by atoms with E-state index in [1.165, 1.54) is 0 Å². The van der Waals surface area contributed by atoms with Crippen LogP contribution in [-0.2, 0) is 0 Å². The second-order valence-corrected chi connectivity index (χ2v) is 7.07. The van der Waals surface area contributed by atoms with Crippen molar-refractivity contribution in [2.75, 3.05) is 12.8 Å².